The van der Waals surface area contributed by atoms with E-state index in [0.717, 1.165) is 51.5 Å². The van der Waals surface area contributed by atoms with E-state index in [0.29, 0.717) is 24.9 Å². The number of carbonyl (C=O) groups is 2. The van der Waals surface area contributed by atoms with Crippen molar-refractivity contribution < 1.29 is 14.7 Å². The summed E-state index contributed by atoms with van der Waals surface area (Å²) in [6.45, 7) is 2.59. The second-order valence-corrected chi connectivity index (χ2v) is 11.0. The summed E-state index contributed by atoms with van der Waals surface area (Å²) in [6.07, 6.45) is 4.97. The molecule has 6 rings (SSSR count). The van der Waals surface area contributed by atoms with Crippen molar-refractivity contribution in [2.75, 3.05) is 0 Å². The number of nitrogens with zero attached hydrogens (tertiary/aromatic N) is 2. The van der Waals surface area contributed by atoms with Gasteiger partial charge in [0.2, 0.25) is 0 Å². The van der Waals surface area contributed by atoms with Crippen molar-refractivity contribution in [2.45, 2.75) is 45.2 Å². The van der Waals surface area contributed by atoms with Gasteiger partial charge in [0.1, 0.15) is 0 Å². The molecule has 40 heavy (non-hydrogen) atoms. The van der Waals surface area contributed by atoms with Crippen LogP contribution in [0.5, 0.6) is 0 Å². The maximum Gasteiger partial charge on any atom is 0.306 e. The molecule has 0 spiro atoms. The Morgan fingerprint density at radius 1 is 0.900 bits per heavy atom. The highest BCUT2D eigenvalue weighted by atomic mass is 16.4. The molecule has 1 saturated carbocycles. The molecule has 2 heterocycles. The van der Waals surface area contributed by atoms with E-state index in [1.54, 1.807) is 0 Å². The van der Waals surface area contributed by atoms with Gasteiger partial charge in [0.25, 0.3) is 5.91 Å². The zero-order valence-corrected chi connectivity index (χ0v) is 22.6. The summed E-state index contributed by atoms with van der Waals surface area (Å²) >= 11 is 0. The van der Waals surface area contributed by atoms with Crippen LogP contribution in [0.2, 0.25) is 0 Å². The Kier molecular flexibility index (Phi) is 7.08. The molecule has 3 aromatic carbocycles. The Balaban J connectivity index is 1.33. The molecule has 0 aliphatic heterocycles. The van der Waals surface area contributed by atoms with Gasteiger partial charge in [-0.15, -0.1) is 0 Å². The molecule has 2 aromatic heterocycles. The molecule has 2 N–H and O–H groups in total. The molecule has 6 heteroatoms. The van der Waals surface area contributed by atoms with Crippen LogP contribution in [-0.4, -0.2) is 32.6 Å². The molecular formula is C34H33N3O3. The first-order valence-corrected chi connectivity index (χ1v) is 14.0. The number of benzene rings is 3. The molecule has 1 amide bonds. The van der Waals surface area contributed by atoms with Crippen molar-refractivity contribution in [3.05, 3.63) is 102 Å². The highest BCUT2D eigenvalue weighted by molar-refractivity contribution is 6.08. The van der Waals surface area contributed by atoms with E-state index in [1.165, 1.54) is 0 Å². The molecular weight excluding hydrogens is 498 g/mol. The number of carboxylic acids is 1. The number of hydrogen-bond donors (Lipinski definition) is 2. The fraction of sp³-hybridized carbons (Fsp3) is 0.265. The van der Waals surface area contributed by atoms with E-state index in [9.17, 15) is 14.7 Å². The van der Waals surface area contributed by atoms with Crippen molar-refractivity contribution in [3.63, 3.8) is 0 Å². The SMILES string of the molecule is C[C@H](NC(=O)c1cc(-c2ccccc2)cc2ccn(Cc3ccc4ccccc4n3)c12)C1CCC(C(=O)O)CC1. The lowest BCUT2D eigenvalue weighted by atomic mass is 9.79. The summed E-state index contributed by atoms with van der Waals surface area (Å²) in [5.41, 5.74) is 5.45. The molecule has 1 atom stereocenters. The normalized spacial score (nSPS) is 18.0. The number of aromatic nitrogens is 2. The van der Waals surface area contributed by atoms with E-state index >= 15 is 0 Å². The van der Waals surface area contributed by atoms with Gasteiger partial charge in [0.15, 0.2) is 0 Å². The van der Waals surface area contributed by atoms with Crippen LogP contribution in [0.3, 0.4) is 0 Å². The highest BCUT2D eigenvalue weighted by Crippen LogP contribution is 2.32. The van der Waals surface area contributed by atoms with Crippen molar-refractivity contribution in [2.24, 2.45) is 11.8 Å². The molecule has 1 fully saturated rings. The average Bonchev–Trinajstić information content (AvgIpc) is 3.39. The van der Waals surface area contributed by atoms with Crippen molar-refractivity contribution in [1.29, 1.82) is 0 Å². The number of fused-ring (bicyclic) bond motifs is 2. The number of hydrogen-bond acceptors (Lipinski definition) is 3. The van der Waals surface area contributed by atoms with Gasteiger partial charge < -0.3 is 15.0 Å². The van der Waals surface area contributed by atoms with Gasteiger partial charge in [-0.3, -0.25) is 14.6 Å². The van der Waals surface area contributed by atoms with Gasteiger partial charge in [-0.05, 0) is 80.0 Å². The van der Waals surface area contributed by atoms with Gasteiger partial charge in [-0.1, -0.05) is 54.6 Å². The van der Waals surface area contributed by atoms with Crippen molar-refractivity contribution in [3.8, 4) is 11.1 Å². The quantitative estimate of drug-likeness (QED) is 0.239. The first-order valence-electron chi connectivity index (χ1n) is 14.0. The number of pyridine rings is 1. The topological polar surface area (TPSA) is 84.2 Å². The second-order valence-electron chi connectivity index (χ2n) is 11.0. The fourth-order valence-corrected chi connectivity index (χ4v) is 6.09. The molecule has 1 aliphatic carbocycles. The lowest BCUT2D eigenvalue weighted by Crippen LogP contribution is -2.40. The van der Waals surface area contributed by atoms with Crippen LogP contribution < -0.4 is 5.32 Å². The van der Waals surface area contributed by atoms with Crippen LogP contribution >= 0.6 is 0 Å². The maximum absolute atomic E-state index is 13.9. The first-order chi connectivity index (χ1) is 19.5. The molecule has 0 unspecified atom stereocenters. The largest absolute Gasteiger partial charge is 0.481 e. The summed E-state index contributed by atoms with van der Waals surface area (Å²) in [5.74, 6) is -0.826. The predicted molar refractivity (Wildman–Crippen MR) is 158 cm³/mol. The van der Waals surface area contributed by atoms with E-state index in [4.69, 9.17) is 4.98 Å². The molecule has 0 radical (unpaired) electrons. The van der Waals surface area contributed by atoms with Crippen LogP contribution in [0, 0.1) is 11.8 Å². The Morgan fingerprint density at radius 2 is 1.65 bits per heavy atom. The van der Waals surface area contributed by atoms with Gasteiger partial charge in [0.05, 0.1) is 34.8 Å². The van der Waals surface area contributed by atoms with Gasteiger partial charge >= 0.3 is 5.97 Å². The number of nitrogens with one attached hydrogen (secondary N) is 1. The standard InChI is InChI=1S/C34H33N3O3/c1-22(23-11-13-26(14-12-23)34(39)40)35-33(38)30-20-28(24-7-3-2-4-8-24)19-27-17-18-37(32(27)30)21-29-16-15-25-9-5-6-10-31(25)36-29/h2-10,15-20,22-23,26H,11-14,21H2,1H3,(H,35,38)(H,39,40)/t22-,23?,26?/m0/s1. The number of aliphatic carboxylic acids is 1. The fourth-order valence-electron chi connectivity index (χ4n) is 6.09. The van der Waals surface area contributed by atoms with Crippen molar-refractivity contribution in [1.82, 2.24) is 14.9 Å². The average molecular weight is 532 g/mol. The lowest BCUT2D eigenvalue weighted by Gasteiger charge is -2.31. The summed E-state index contributed by atoms with van der Waals surface area (Å²) in [7, 11) is 0. The zero-order valence-electron chi connectivity index (χ0n) is 22.6. The van der Waals surface area contributed by atoms with E-state index < -0.39 is 5.97 Å². The molecule has 0 saturated heterocycles. The zero-order chi connectivity index (χ0) is 27.6. The van der Waals surface area contributed by atoms with Crippen LogP contribution in [0.25, 0.3) is 32.9 Å². The summed E-state index contributed by atoms with van der Waals surface area (Å²) in [6, 6.07) is 28.5. The maximum atomic E-state index is 13.9. The highest BCUT2D eigenvalue weighted by Gasteiger charge is 2.30. The third kappa shape index (κ3) is 5.22. The Bertz CT molecular complexity index is 1680. The van der Waals surface area contributed by atoms with Gasteiger partial charge in [-0.2, -0.15) is 0 Å². The molecule has 0 bridgehead atoms. The Labute approximate surface area is 233 Å². The number of carbonyl (C=O) groups excluding carboxylic acids is 1. The number of amides is 1. The van der Waals surface area contributed by atoms with Crippen LogP contribution in [0.4, 0.5) is 0 Å². The summed E-state index contributed by atoms with van der Waals surface area (Å²) < 4.78 is 2.11. The molecule has 5 aromatic rings. The molecule has 202 valence electrons. The van der Waals surface area contributed by atoms with Crippen molar-refractivity contribution >= 4 is 33.7 Å². The summed E-state index contributed by atoms with van der Waals surface area (Å²) in [4.78, 5) is 30.2. The lowest BCUT2D eigenvalue weighted by molar-refractivity contribution is -0.143. The second kappa shape index (κ2) is 11.0. The number of para-hydroxylation sites is 1. The minimum atomic E-state index is -0.711. The Morgan fingerprint density at radius 3 is 2.42 bits per heavy atom. The number of carboxylic acid groups (broad SMARTS) is 1. The first kappa shape index (κ1) is 25.8. The van der Waals surface area contributed by atoms with E-state index in [-0.39, 0.29) is 23.8 Å². The number of rotatable bonds is 7. The summed E-state index contributed by atoms with van der Waals surface area (Å²) in [5, 5.41) is 14.7. The minimum absolute atomic E-state index is 0.0526. The van der Waals surface area contributed by atoms with E-state index in [2.05, 4.69) is 46.3 Å². The third-order valence-electron chi connectivity index (χ3n) is 8.39. The minimum Gasteiger partial charge on any atom is -0.481 e. The van der Waals surface area contributed by atoms with Crippen LogP contribution in [0.15, 0.2) is 91.1 Å². The molecule has 6 nitrogen and oxygen atoms in total. The van der Waals surface area contributed by atoms with E-state index in [1.807, 2.05) is 61.7 Å². The van der Waals surface area contributed by atoms with Crippen LogP contribution in [0.1, 0.15) is 48.7 Å². The predicted octanol–water partition coefficient (Wildman–Crippen LogP) is 6.91. The smallest absolute Gasteiger partial charge is 0.306 e. The van der Waals surface area contributed by atoms with Gasteiger partial charge in [-0.25, -0.2) is 0 Å². The van der Waals surface area contributed by atoms with Gasteiger partial charge in [0, 0.05) is 23.0 Å². The van der Waals surface area contributed by atoms with Crippen LogP contribution in [-0.2, 0) is 11.3 Å². The Hall–Kier alpha value is -4.45. The monoisotopic (exact) mass is 531 g/mol. The third-order valence-corrected chi connectivity index (χ3v) is 8.39. The molecule has 1 aliphatic rings.